The maximum Gasteiger partial charge on any atom is 0.411 e. The van der Waals surface area contributed by atoms with Crippen LogP contribution in [0.3, 0.4) is 0 Å². The van der Waals surface area contributed by atoms with Gasteiger partial charge in [0.25, 0.3) is 5.91 Å². The van der Waals surface area contributed by atoms with Crippen LogP contribution in [0.15, 0.2) is 115 Å². The van der Waals surface area contributed by atoms with Crippen molar-refractivity contribution < 1.29 is 19.1 Å². The van der Waals surface area contributed by atoms with Crippen LogP contribution in [-0.4, -0.2) is 28.8 Å². The van der Waals surface area contributed by atoms with Crippen molar-refractivity contribution in [2.45, 2.75) is 31.7 Å². The van der Waals surface area contributed by atoms with Gasteiger partial charge in [-0.05, 0) is 47.9 Å². The van der Waals surface area contributed by atoms with Crippen LogP contribution in [0.1, 0.15) is 46.1 Å². The van der Waals surface area contributed by atoms with E-state index in [9.17, 15) is 14.4 Å². The average molecular weight is 520 g/mol. The van der Waals surface area contributed by atoms with Gasteiger partial charge in [0.15, 0.2) is 12.1 Å². The van der Waals surface area contributed by atoms with Crippen molar-refractivity contribution in [2.24, 2.45) is 0 Å². The molecule has 0 spiro atoms. The van der Waals surface area contributed by atoms with Crippen LogP contribution in [0, 0.1) is 0 Å². The summed E-state index contributed by atoms with van der Waals surface area (Å²) in [5.41, 5.74) is 3.50. The Labute approximate surface area is 227 Å². The van der Waals surface area contributed by atoms with Crippen LogP contribution in [0.2, 0.25) is 0 Å². The van der Waals surface area contributed by atoms with Gasteiger partial charge in [-0.15, -0.1) is 0 Å². The van der Waals surface area contributed by atoms with Crippen LogP contribution in [0.4, 0.5) is 10.5 Å². The first-order valence-electron chi connectivity index (χ1n) is 12.8. The largest absolute Gasteiger partial charge is 0.438 e. The average Bonchev–Trinajstić information content (AvgIpc) is 3.30. The van der Waals surface area contributed by atoms with Crippen molar-refractivity contribution in [3.05, 3.63) is 138 Å². The van der Waals surface area contributed by atoms with Gasteiger partial charge in [-0.1, -0.05) is 91.0 Å². The summed E-state index contributed by atoms with van der Waals surface area (Å²) in [7, 11) is 0. The Morgan fingerprint density at radius 1 is 0.846 bits per heavy atom. The van der Waals surface area contributed by atoms with Gasteiger partial charge in [-0.3, -0.25) is 14.5 Å². The number of carbonyl (C=O) groups excluding carboxylic acids is 3. The molecule has 1 aliphatic heterocycles. The zero-order valence-electron chi connectivity index (χ0n) is 21.5. The van der Waals surface area contributed by atoms with Crippen molar-refractivity contribution in [3.8, 4) is 0 Å². The Morgan fingerprint density at radius 2 is 1.49 bits per heavy atom. The fraction of sp³-hybridized carbons (Fsp3) is 0.156. The number of rotatable bonds is 8. The van der Waals surface area contributed by atoms with Crippen LogP contribution < -0.4 is 10.6 Å². The summed E-state index contributed by atoms with van der Waals surface area (Å²) in [5, 5.41) is 5.95. The minimum Gasteiger partial charge on any atom is -0.438 e. The maximum atomic E-state index is 13.8. The molecule has 7 heteroatoms. The van der Waals surface area contributed by atoms with Gasteiger partial charge < -0.3 is 15.4 Å². The molecule has 196 valence electrons. The number of benzene rings is 4. The van der Waals surface area contributed by atoms with Crippen LogP contribution >= 0.6 is 0 Å². The lowest BCUT2D eigenvalue weighted by atomic mass is 9.99. The van der Waals surface area contributed by atoms with E-state index in [1.165, 1.54) is 4.90 Å². The maximum absolute atomic E-state index is 13.8. The van der Waals surface area contributed by atoms with Crippen molar-refractivity contribution in [1.29, 1.82) is 0 Å². The molecule has 3 amide bonds. The molecule has 5 rings (SSSR count). The molecule has 2 N–H and O–H groups in total. The number of ether oxygens (including phenoxy) is 1. The Bertz CT molecular complexity index is 1440. The zero-order chi connectivity index (χ0) is 27.2. The minimum absolute atomic E-state index is 0.221. The smallest absolute Gasteiger partial charge is 0.411 e. The van der Waals surface area contributed by atoms with E-state index in [4.69, 9.17) is 4.74 Å². The SMILES string of the molecule is C[C@H](NC(=O)[C@@H]1[C@H](c2cccc(NC(=O)c3ccccc3)c2)OC(=O)N1Cc1ccccc1)c1ccccc1. The van der Waals surface area contributed by atoms with Gasteiger partial charge >= 0.3 is 6.09 Å². The third-order valence-electron chi connectivity index (χ3n) is 6.72. The van der Waals surface area contributed by atoms with E-state index in [-0.39, 0.29) is 24.4 Å². The first kappa shape index (κ1) is 25.7. The topological polar surface area (TPSA) is 87.7 Å². The second-order valence-electron chi connectivity index (χ2n) is 9.45. The Balaban J connectivity index is 1.42. The lowest BCUT2D eigenvalue weighted by Crippen LogP contribution is -2.46. The molecule has 0 saturated carbocycles. The van der Waals surface area contributed by atoms with Crippen molar-refractivity contribution >= 4 is 23.6 Å². The first-order chi connectivity index (χ1) is 19.0. The highest BCUT2D eigenvalue weighted by atomic mass is 16.6. The van der Waals surface area contributed by atoms with E-state index in [0.717, 1.165) is 11.1 Å². The molecule has 39 heavy (non-hydrogen) atoms. The van der Waals surface area contributed by atoms with Crippen molar-refractivity contribution in [3.63, 3.8) is 0 Å². The van der Waals surface area contributed by atoms with E-state index >= 15 is 0 Å². The molecule has 0 aromatic heterocycles. The highest BCUT2D eigenvalue weighted by Gasteiger charge is 2.47. The van der Waals surface area contributed by atoms with Crippen LogP contribution in [0.25, 0.3) is 0 Å². The van der Waals surface area contributed by atoms with Crippen molar-refractivity contribution in [1.82, 2.24) is 10.2 Å². The van der Waals surface area contributed by atoms with Gasteiger partial charge in [0.1, 0.15) is 0 Å². The molecule has 0 unspecified atom stereocenters. The Morgan fingerprint density at radius 3 is 2.18 bits per heavy atom. The lowest BCUT2D eigenvalue weighted by molar-refractivity contribution is -0.127. The number of carbonyl (C=O) groups is 3. The van der Waals surface area contributed by atoms with Gasteiger partial charge in [-0.25, -0.2) is 4.79 Å². The Kier molecular flexibility index (Phi) is 7.68. The normalized spacial score (nSPS) is 17.3. The van der Waals surface area contributed by atoms with E-state index in [0.29, 0.717) is 16.8 Å². The second-order valence-corrected chi connectivity index (χ2v) is 9.45. The molecule has 1 saturated heterocycles. The third kappa shape index (κ3) is 5.99. The number of nitrogens with zero attached hydrogens (tertiary/aromatic N) is 1. The molecular weight excluding hydrogens is 490 g/mol. The van der Waals surface area contributed by atoms with Crippen LogP contribution in [0.5, 0.6) is 0 Å². The van der Waals surface area contributed by atoms with Crippen molar-refractivity contribution in [2.75, 3.05) is 5.32 Å². The number of hydrogen-bond donors (Lipinski definition) is 2. The number of nitrogens with one attached hydrogen (secondary N) is 2. The summed E-state index contributed by atoms with van der Waals surface area (Å²) >= 11 is 0. The van der Waals surface area contributed by atoms with E-state index in [1.807, 2.05) is 73.7 Å². The standard InChI is InChI=1S/C32H29N3O4/c1-22(24-14-7-3-8-15-24)33-31(37)28-29(39-32(38)35(28)21-23-12-5-2-6-13-23)26-18-11-19-27(20-26)34-30(36)25-16-9-4-10-17-25/h2-20,22,28-29H,21H2,1H3,(H,33,37)(H,34,36)/t22-,28-,29-/m0/s1. The summed E-state index contributed by atoms with van der Waals surface area (Å²) in [4.78, 5) is 41.1. The van der Waals surface area contributed by atoms with E-state index in [2.05, 4.69) is 10.6 Å². The molecule has 7 nitrogen and oxygen atoms in total. The highest BCUT2D eigenvalue weighted by Crippen LogP contribution is 2.35. The molecule has 1 fully saturated rings. The zero-order valence-corrected chi connectivity index (χ0v) is 21.5. The fourth-order valence-corrected chi connectivity index (χ4v) is 4.70. The molecule has 0 radical (unpaired) electrons. The summed E-state index contributed by atoms with van der Waals surface area (Å²) in [6.07, 6.45) is -1.44. The number of amides is 3. The molecule has 4 aromatic rings. The summed E-state index contributed by atoms with van der Waals surface area (Å²) in [6.45, 7) is 2.12. The third-order valence-corrected chi connectivity index (χ3v) is 6.72. The fourth-order valence-electron chi connectivity index (χ4n) is 4.70. The van der Waals surface area contributed by atoms with E-state index < -0.39 is 18.2 Å². The second kappa shape index (κ2) is 11.6. The number of hydrogen-bond acceptors (Lipinski definition) is 4. The first-order valence-corrected chi connectivity index (χ1v) is 12.8. The van der Waals surface area contributed by atoms with E-state index in [1.54, 1.807) is 48.5 Å². The molecule has 1 heterocycles. The van der Waals surface area contributed by atoms with Gasteiger partial charge in [-0.2, -0.15) is 0 Å². The van der Waals surface area contributed by atoms with Gasteiger partial charge in [0.05, 0.1) is 12.6 Å². The number of cyclic esters (lactones) is 1. The molecule has 0 bridgehead atoms. The monoisotopic (exact) mass is 519 g/mol. The quantitative estimate of drug-likeness (QED) is 0.304. The summed E-state index contributed by atoms with van der Waals surface area (Å²) in [5.74, 6) is -0.579. The minimum atomic E-state index is -0.913. The van der Waals surface area contributed by atoms with Crippen LogP contribution in [-0.2, 0) is 16.1 Å². The summed E-state index contributed by atoms with van der Waals surface area (Å²) < 4.78 is 5.81. The molecule has 0 aliphatic carbocycles. The predicted molar refractivity (Wildman–Crippen MR) is 149 cm³/mol. The lowest BCUT2D eigenvalue weighted by Gasteiger charge is -2.26. The van der Waals surface area contributed by atoms with Gasteiger partial charge in [0.2, 0.25) is 5.91 Å². The summed E-state index contributed by atoms with van der Waals surface area (Å²) in [6, 6.07) is 33.9. The molecular formula is C32H29N3O4. The predicted octanol–water partition coefficient (Wildman–Crippen LogP) is 5.88. The number of anilines is 1. The molecule has 1 aliphatic rings. The van der Waals surface area contributed by atoms with Gasteiger partial charge in [0, 0.05) is 11.3 Å². The Hall–Kier alpha value is -4.91. The molecule has 4 aromatic carbocycles. The highest BCUT2D eigenvalue weighted by molar-refractivity contribution is 6.04. The molecule has 3 atom stereocenters.